The van der Waals surface area contributed by atoms with E-state index < -0.39 is 34.2 Å². The van der Waals surface area contributed by atoms with Crippen LogP contribution in [0.4, 0.5) is 0 Å². The molecule has 4 heterocycles. The first-order valence-electron chi connectivity index (χ1n) is 12.5. The monoisotopic (exact) mass is 489 g/mol. The minimum Gasteiger partial charge on any atom is -0.394 e. The standard InChI is InChI=1S/C26H39N3O4S/c1-7-12-27-13-8-10-18-19(22(27)31)20-23(32)29(17(15-30)16(2)3)21-24(33)28(25(4,5)6)14-9-11-26(20,21)34-18/h8-11,16-21,30H,7,12-15H2,1-6H3/t17-,18-,19+,20-,21?,26-/m0/s1. The molecule has 0 aromatic heterocycles. The van der Waals surface area contributed by atoms with Gasteiger partial charge in [-0.1, -0.05) is 45.1 Å². The molecule has 3 amide bonds. The minimum atomic E-state index is -0.832. The molecule has 7 nitrogen and oxygen atoms in total. The molecule has 0 aromatic rings. The van der Waals surface area contributed by atoms with Crippen LogP contribution in [0.1, 0.15) is 48.0 Å². The molecule has 2 saturated heterocycles. The number of aliphatic hydroxyl groups excluding tert-OH is 1. The number of carbonyl (C=O) groups excluding carboxylic acids is 3. The smallest absolute Gasteiger partial charge is 0.247 e. The van der Waals surface area contributed by atoms with Gasteiger partial charge >= 0.3 is 0 Å². The number of carbonyl (C=O) groups is 3. The highest BCUT2D eigenvalue weighted by atomic mass is 32.2. The van der Waals surface area contributed by atoms with Crippen LogP contribution in [0.25, 0.3) is 0 Å². The van der Waals surface area contributed by atoms with Gasteiger partial charge < -0.3 is 19.8 Å². The summed E-state index contributed by atoms with van der Waals surface area (Å²) in [6.07, 6.45) is 9.01. The van der Waals surface area contributed by atoms with E-state index in [1.54, 1.807) is 16.7 Å². The Labute approximate surface area is 207 Å². The molecule has 2 fully saturated rings. The first-order chi connectivity index (χ1) is 16.0. The molecule has 6 atom stereocenters. The molecule has 1 N–H and O–H groups in total. The number of aliphatic hydroxyl groups is 1. The highest BCUT2D eigenvalue weighted by Gasteiger charge is 2.72. The van der Waals surface area contributed by atoms with Crippen molar-refractivity contribution in [2.75, 3.05) is 26.2 Å². The van der Waals surface area contributed by atoms with Gasteiger partial charge in [-0.05, 0) is 33.1 Å². The third kappa shape index (κ3) is 3.72. The van der Waals surface area contributed by atoms with E-state index in [1.807, 2.05) is 69.6 Å². The number of thioether (sulfide) groups is 1. The maximum absolute atomic E-state index is 14.2. The summed E-state index contributed by atoms with van der Waals surface area (Å²) in [5.74, 6) is -1.45. The number of nitrogens with zero attached hydrogens (tertiary/aromatic N) is 3. The predicted octanol–water partition coefficient (Wildman–Crippen LogP) is 2.31. The first kappa shape index (κ1) is 25.3. The second-order valence-electron chi connectivity index (χ2n) is 11.3. The molecule has 0 bridgehead atoms. The van der Waals surface area contributed by atoms with Crippen LogP contribution in [0.3, 0.4) is 0 Å². The van der Waals surface area contributed by atoms with Crippen LogP contribution in [0.15, 0.2) is 24.3 Å². The second-order valence-corrected chi connectivity index (χ2v) is 12.8. The first-order valence-corrected chi connectivity index (χ1v) is 13.4. The van der Waals surface area contributed by atoms with Gasteiger partial charge in [-0.2, -0.15) is 0 Å². The molecule has 4 rings (SSSR count). The average Bonchev–Trinajstić information content (AvgIpc) is 3.06. The highest BCUT2D eigenvalue weighted by Crippen LogP contribution is 2.61. The molecule has 0 aliphatic carbocycles. The summed E-state index contributed by atoms with van der Waals surface area (Å²) in [5, 5.41) is 10.2. The van der Waals surface area contributed by atoms with E-state index in [1.165, 1.54) is 0 Å². The van der Waals surface area contributed by atoms with Crippen molar-refractivity contribution in [2.45, 2.75) is 75.6 Å². The highest BCUT2D eigenvalue weighted by molar-refractivity contribution is 8.02. The number of rotatable bonds is 5. The molecule has 1 spiro atoms. The van der Waals surface area contributed by atoms with Crippen LogP contribution in [-0.4, -0.2) is 91.4 Å². The maximum Gasteiger partial charge on any atom is 0.247 e. The Hall–Kier alpha value is -1.80. The number of amides is 3. The minimum absolute atomic E-state index is 0.00282. The zero-order chi connectivity index (χ0) is 25.0. The third-order valence-electron chi connectivity index (χ3n) is 7.80. The van der Waals surface area contributed by atoms with Crippen LogP contribution in [0, 0.1) is 17.8 Å². The van der Waals surface area contributed by atoms with Gasteiger partial charge in [-0.3, -0.25) is 14.4 Å². The van der Waals surface area contributed by atoms with Crippen molar-refractivity contribution in [1.82, 2.24) is 14.7 Å². The molecule has 0 saturated carbocycles. The summed E-state index contributed by atoms with van der Waals surface area (Å²) in [6, 6.07) is -1.24. The Balaban J connectivity index is 1.88. The van der Waals surface area contributed by atoms with Gasteiger partial charge in [0, 0.05) is 30.4 Å². The summed E-state index contributed by atoms with van der Waals surface area (Å²) in [5.41, 5.74) is -0.423. The average molecular weight is 490 g/mol. The van der Waals surface area contributed by atoms with E-state index in [2.05, 4.69) is 6.08 Å². The lowest BCUT2D eigenvalue weighted by Gasteiger charge is -2.43. The molecule has 1 unspecified atom stereocenters. The lowest BCUT2D eigenvalue weighted by atomic mass is 9.78. The van der Waals surface area contributed by atoms with Gasteiger partial charge in [0.05, 0.1) is 29.2 Å². The van der Waals surface area contributed by atoms with Crippen molar-refractivity contribution in [3.8, 4) is 0 Å². The Kier molecular flexibility index (Phi) is 6.70. The normalized spacial score (nSPS) is 34.4. The van der Waals surface area contributed by atoms with Gasteiger partial charge in [0.15, 0.2) is 0 Å². The largest absolute Gasteiger partial charge is 0.394 e. The summed E-state index contributed by atoms with van der Waals surface area (Å²) in [7, 11) is 0. The zero-order valence-electron chi connectivity index (χ0n) is 21.2. The molecule has 4 aliphatic rings. The Morgan fingerprint density at radius 2 is 1.82 bits per heavy atom. The fraction of sp³-hybridized carbons (Fsp3) is 0.731. The molecule has 8 heteroatoms. The fourth-order valence-electron chi connectivity index (χ4n) is 6.18. The summed E-state index contributed by atoms with van der Waals surface area (Å²) in [4.78, 5) is 47.6. The third-order valence-corrected chi connectivity index (χ3v) is 9.54. The van der Waals surface area contributed by atoms with Crippen LogP contribution in [0.5, 0.6) is 0 Å². The summed E-state index contributed by atoms with van der Waals surface area (Å²) >= 11 is 1.60. The molecular weight excluding hydrogens is 450 g/mol. The van der Waals surface area contributed by atoms with Crippen LogP contribution in [0.2, 0.25) is 0 Å². The quantitative estimate of drug-likeness (QED) is 0.600. The number of hydrogen-bond donors (Lipinski definition) is 1. The topological polar surface area (TPSA) is 81.2 Å². The Morgan fingerprint density at radius 1 is 1.12 bits per heavy atom. The SMILES string of the molecule is CCCN1CC=C[C@@H]2S[C@]34C=CCN(C(C)(C)C)C(=O)C3N([C@@H](CO)C(C)C)C(=O)[C@@H]4[C@@H]2C1=O. The molecule has 4 aliphatic heterocycles. The van der Waals surface area contributed by atoms with Crippen molar-refractivity contribution in [3.05, 3.63) is 24.3 Å². The van der Waals surface area contributed by atoms with E-state index in [-0.39, 0.29) is 35.5 Å². The second kappa shape index (κ2) is 9.01. The van der Waals surface area contributed by atoms with Crippen molar-refractivity contribution in [3.63, 3.8) is 0 Å². The Morgan fingerprint density at radius 3 is 2.41 bits per heavy atom. The molecular formula is C26H39N3O4S. The number of fused-ring (bicyclic) bond motifs is 2. The van der Waals surface area contributed by atoms with Crippen molar-refractivity contribution in [2.24, 2.45) is 17.8 Å². The number of likely N-dealkylation sites (tertiary alicyclic amines) is 1. The van der Waals surface area contributed by atoms with Gasteiger partial charge in [-0.25, -0.2) is 0 Å². The summed E-state index contributed by atoms with van der Waals surface area (Å²) in [6.45, 7) is 13.4. The van der Waals surface area contributed by atoms with Crippen LogP contribution in [-0.2, 0) is 14.4 Å². The van der Waals surface area contributed by atoms with Gasteiger partial charge in [0.2, 0.25) is 17.7 Å². The van der Waals surface area contributed by atoms with E-state index in [0.717, 1.165) is 6.42 Å². The van der Waals surface area contributed by atoms with Gasteiger partial charge in [0.25, 0.3) is 0 Å². The van der Waals surface area contributed by atoms with E-state index in [4.69, 9.17) is 0 Å². The maximum atomic E-state index is 14.2. The molecule has 0 aromatic carbocycles. The van der Waals surface area contributed by atoms with Gasteiger partial charge in [0.1, 0.15) is 6.04 Å². The van der Waals surface area contributed by atoms with Crippen LogP contribution >= 0.6 is 11.8 Å². The lowest BCUT2D eigenvalue weighted by molar-refractivity contribution is -0.149. The number of hydrogen-bond acceptors (Lipinski definition) is 5. The molecule has 188 valence electrons. The zero-order valence-corrected chi connectivity index (χ0v) is 22.0. The van der Waals surface area contributed by atoms with Gasteiger partial charge in [-0.15, -0.1) is 11.8 Å². The van der Waals surface area contributed by atoms with Crippen molar-refractivity contribution < 1.29 is 19.5 Å². The lowest BCUT2D eigenvalue weighted by Crippen LogP contribution is -2.60. The van der Waals surface area contributed by atoms with Crippen molar-refractivity contribution >= 4 is 29.5 Å². The predicted molar refractivity (Wildman–Crippen MR) is 134 cm³/mol. The fourth-order valence-corrected chi connectivity index (χ4v) is 8.17. The molecule has 0 radical (unpaired) electrons. The van der Waals surface area contributed by atoms with Crippen molar-refractivity contribution in [1.29, 1.82) is 0 Å². The summed E-state index contributed by atoms with van der Waals surface area (Å²) < 4.78 is -0.832. The Bertz CT molecular complexity index is 910. The molecule has 34 heavy (non-hydrogen) atoms. The van der Waals surface area contributed by atoms with Crippen LogP contribution < -0.4 is 0 Å². The van der Waals surface area contributed by atoms with E-state index in [0.29, 0.717) is 19.6 Å². The van der Waals surface area contributed by atoms with E-state index >= 15 is 0 Å². The van der Waals surface area contributed by atoms with E-state index in [9.17, 15) is 19.5 Å².